The maximum absolute atomic E-state index is 5.55. The molecule has 0 aromatic carbocycles. The quantitative estimate of drug-likeness (QED) is 0.492. The molecule has 0 bridgehead atoms. The fraction of sp³-hybridized carbons (Fsp3) is 0.600. The molecule has 0 saturated heterocycles. The van der Waals surface area contributed by atoms with Crippen molar-refractivity contribution < 1.29 is 0 Å². The first-order chi connectivity index (χ1) is 9.93. The Morgan fingerprint density at radius 3 is 2.57 bits per heavy atom. The molecule has 1 aliphatic rings. The van der Waals surface area contributed by atoms with E-state index in [2.05, 4.69) is 58.1 Å². The average molecular weight is 287 g/mol. The van der Waals surface area contributed by atoms with Crippen molar-refractivity contribution in [3.63, 3.8) is 0 Å². The molecule has 2 N–H and O–H groups in total. The van der Waals surface area contributed by atoms with Gasteiger partial charge in [0.15, 0.2) is 0 Å². The maximum atomic E-state index is 5.55. The zero-order chi connectivity index (χ0) is 15.7. The van der Waals surface area contributed by atoms with Crippen molar-refractivity contribution in [3.8, 4) is 0 Å². The monoisotopic (exact) mass is 287 g/mol. The van der Waals surface area contributed by atoms with Crippen molar-refractivity contribution in [1.29, 1.82) is 0 Å². The molecule has 1 nitrogen and oxygen atoms in total. The van der Waals surface area contributed by atoms with Crippen LogP contribution in [0.1, 0.15) is 66.2 Å². The first kappa shape index (κ1) is 18.0. The van der Waals surface area contributed by atoms with Gasteiger partial charge in [0.1, 0.15) is 0 Å². The third kappa shape index (κ3) is 7.47. The third-order valence-electron chi connectivity index (χ3n) is 4.04. The Morgan fingerprint density at radius 1 is 1.24 bits per heavy atom. The highest BCUT2D eigenvalue weighted by molar-refractivity contribution is 5.32. The number of nitrogens with two attached hydrogens (primary N) is 1. The van der Waals surface area contributed by atoms with E-state index in [9.17, 15) is 0 Å². The summed E-state index contributed by atoms with van der Waals surface area (Å²) in [6.07, 6.45) is 19.0. The molecule has 0 saturated carbocycles. The number of hydrogen-bond acceptors (Lipinski definition) is 1. The molecule has 0 amide bonds. The number of allylic oxidation sites excluding steroid dienone is 7. The highest BCUT2D eigenvalue weighted by atomic mass is 14.5. The Balaban J connectivity index is 2.69. The third-order valence-corrected chi connectivity index (χ3v) is 4.04. The van der Waals surface area contributed by atoms with E-state index in [1.165, 1.54) is 42.4 Å². The Hall–Kier alpha value is -1.08. The number of rotatable bonds is 6. The second-order valence-electron chi connectivity index (χ2n) is 7.09. The fourth-order valence-electron chi connectivity index (χ4n) is 2.59. The van der Waals surface area contributed by atoms with Crippen LogP contribution in [0.15, 0.2) is 47.1 Å². The number of hydrogen-bond donors (Lipinski definition) is 1. The minimum atomic E-state index is 0.206. The van der Waals surface area contributed by atoms with Gasteiger partial charge >= 0.3 is 0 Å². The van der Waals surface area contributed by atoms with Gasteiger partial charge in [-0.2, -0.15) is 0 Å². The molecule has 0 unspecified atom stereocenters. The lowest BCUT2D eigenvalue weighted by Crippen LogP contribution is -2.07. The summed E-state index contributed by atoms with van der Waals surface area (Å²) >= 11 is 0. The zero-order valence-corrected chi connectivity index (χ0v) is 14.4. The summed E-state index contributed by atoms with van der Waals surface area (Å²) in [7, 11) is 0. The first-order valence-corrected chi connectivity index (χ1v) is 8.37. The Morgan fingerprint density at radius 2 is 2.00 bits per heavy atom. The van der Waals surface area contributed by atoms with Gasteiger partial charge in [0.25, 0.3) is 0 Å². The molecule has 0 heterocycles. The molecule has 0 aliphatic heterocycles. The van der Waals surface area contributed by atoms with Gasteiger partial charge < -0.3 is 5.73 Å². The lowest BCUT2D eigenvalue weighted by molar-refractivity contribution is 0.514. The van der Waals surface area contributed by atoms with Crippen molar-refractivity contribution in [3.05, 3.63) is 47.1 Å². The van der Waals surface area contributed by atoms with Gasteiger partial charge in [-0.3, -0.25) is 0 Å². The predicted molar refractivity (Wildman–Crippen MR) is 95.3 cm³/mol. The summed E-state index contributed by atoms with van der Waals surface area (Å²) in [6.45, 7) is 9.69. The normalized spacial score (nSPS) is 18.2. The van der Waals surface area contributed by atoms with Crippen LogP contribution in [-0.4, -0.2) is 6.54 Å². The summed E-state index contributed by atoms with van der Waals surface area (Å²) in [5.41, 5.74) is 10.1. The summed E-state index contributed by atoms with van der Waals surface area (Å²) in [5, 5.41) is 0. The van der Waals surface area contributed by atoms with E-state index < -0.39 is 0 Å². The van der Waals surface area contributed by atoms with Crippen LogP contribution < -0.4 is 5.73 Å². The van der Waals surface area contributed by atoms with Gasteiger partial charge in [-0.05, 0) is 56.4 Å². The van der Waals surface area contributed by atoms with Gasteiger partial charge in [-0.25, -0.2) is 0 Å². The molecule has 1 heteroatoms. The molecule has 0 aromatic rings. The van der Waals surface area contributed by atoms with Gasteiger partial charge in [-0.1, -0.05) is 62.3 Å². The predicted octanol–water partition coefficient (Wildman–Crippen LogP) is 5.70. The summed E-state index contributed by atoms with van der Waals surface area (Å²) < 4.78 is 0. The fourth-order valence-corrected chi connectivity index (χ4v) is 2.59. The van der Waals surface area contributed by atoms with Crippen molar-refractivity contribution in [2.75, 3.05) is 6.54 Å². The van der Waals surface area contributed by atoms with Crippen LogP contribution in [0.25, 0.3) is 0 Å². The van der Waals surface area contributed by atoms with Crippen LogP contribution in [-0.2, 0) is 0 Å². The van der Waals surface area contributed by atoms with Crippen molar-refractivity contribution >= 4 is 0 Å². The van der Waals surface area contributed by atoms with Crippen LogP contribution in [0, 0.1) is 5.41 Å². The van der Waals surface area contributed by atoms with Crippen LogP contribution in [0.4, 0.5) is 0 Å². The summed E-state index contributed by atoms with van der Waals surface area (Å²) in [6, 6.07) is 0. The van der Waals surface area contributed by atoms with E-state index in [4.69, 9.17) is 5.73 Å². The van der Waals surface area contributed by atoms with Crippen LogP contribution in [0.2, 0.25) is 0 Å². The highest BCUT2D eigenvalue weighted by Crippen LogP contribution is 2.28. The standard InChI is InChI=1S/C20H33N/c1-17(15-16-21)9-8-12-19(20(2,3)4)14-13-18-10-6-5-7-11-18/h10,12-15H,5-9,11,16,21H2,1-4H3/b14-13+,17-15+,19-12-. The topological polar surface area (TPSA) is 26.0 Å². The zero-order valence-electron chi connectivity index (χ0n) is 14.4. The van der Waals surface area contributed by atoms with E-state index in [1.54, 1.807) is 0 Å². The van der Waals surface area contributed by atoms with E-state index in [-0.39, 0.29) is 5.41 Å². The maximum Gasteiger partial charge on any atom is 0.0109 e. The van der Waals surface area contributed by atoms with Crippen molar-refractivity contribution in [2.24, 2.45) is 11.1 Å². The van der Waals surface area contributed by atoms with Gasteiger partial charge in [0.05, 0.1) is 0 Å². The molecular formula is C20H33N. The molecular weight excluding hydrogens is 254 g/mol. The molecule has 0 radical (unpaired) electrons. The minimum absolute atomic E-state index is 0.206. The van der Waals surface area contributed by atoms with Crippen LogP contribution >= 0.6 is 0 Å². The van der Waals surface area contributed by atoms with Gasteiger partial charge in [0, 0.05) is 6.54 Å². The van der Waals surface area contributed by atoms with Gasteiger partial charge in [-0.15, -0.1) is 0 Å². The SMILES string of the molecule is C/C(=C\CN)CC/C=C(/C=C/C1=CCCCC1)C(C)(C)C. The Labute approximate surface area is 131 Å². The van der Waals surface area contributed by atoms with Gasteiger partial charge in [0.2, 0.25) is 0 Å². The highest BCUT2D eigenvalue weighted by Gasteiger charge is 2.14. The molecule has 0 atom stereocenters. The lowest BCUT2D eigenvalue weighted by atomic mass is 9.84. The minimum Gasteiger partial charge on any atom is -0.327 e. The Kier molecular flexibility index (Phi) is 7.74. The molecule has 0 spiro atoms. The summed E-state index contributed by atoms with van der Waals surface area (Å²) in [5.74, 6) is 0. The molecule has 1 rings (SSSR count). The first-order valence-electron chi connectivity index (χ1n) is 8.37. The molecule has 0 aromatic heterocycles. The second-order valence-corrected chi connectivity index (χ2v) is 7.09. The lowest BCUT2D eigenvalue weighted by Gasteiger charge is -2.21. The van der Waals surface area contributed by atoms with Crippen molar-refractivity contribution in [2.45, 2.75) is 66.2 Å². The van der Waals surface area contributed by atoms with E-state index >= 15 is 0 Å². The van der Waals surface area contributed by atoms with Crippen LogP contribution in [0.3, 0.4) is 0 Å². The smallest absolute Gasteiger partial charge is 0.0109 e. The average Bonchev–Trinajstić information content (AvgIpc) is 2.42. The van der Waals surface area contributed by atoms with E-state index in [0.717, 1.165) is 12.8 Å². The second kappa shape index (κ2) is 9.04. The van der Waals surface area contributed by atoms with E-state index in [0.29, 0.717) is 6.54 Å². The van der Waals surface area contributed by atoms with Crippen LogP contribution in [0.5, 0.6) is 0 Å². The summed E-state index contributed by atoms with van der Waals surface area (Å²) in [4.78, 5) is 0. The Bertz CT molecular complexity index is 427. The molecule has 118 valence electrons. The molecule has 21 heavy (non-hydrogen) atoms. The van der Waals surface area contributed by atoms with Crippen molar-refractivity contribution in [1.82, 2.24) is 0 Å². The molecule has 0 fully saturated rings. The van der Waals surface area contributed by atoms with E-state index in [1.807, 2.05) is 0 Å². The molecule has 1 aliphatic carbocycles. The largest absolute Gasteiger partial charge is 0.327 e.